The van der Waals surface area contributed by atoms with Gasteiger partial charge in [-0.3, -0.25) is 15.1 Å². The molecule has 4 heterocycles. The van der Waals surface area contributed by atoms with Crippen LogP contribution in [0.15, 0.2) is 42.7 Å². The molecule has 2 saturated heterocycles. The molecule has 3 aromatic rings. The lowest BCUT2D eigenvalue weighted by Gasteiger charge is -2.28. The van der Waals surface area contributed by atoms with Crippen LogP contribution in [0.3, 0.4) is 0 Å². The molecule has 1 amide bonds. The summed E-state index contributed by atoms with van der Waals surface area (Å²) < 4.78 is 5.79. The smallest absolute Gasteiger partial charge is 0.257 e. The lowest BCUT2D eigenvalue weighted by molar-refractivity contribution is 0.0967. The van der Waals surface area contributed by atoms with Crippen molar-refractivity contribution in [3.63, 3.8) is 0 Å². The highest BCUT2D eigenvalue weighted by molar-refractivity contribution is 6.30. The van der Waals surface area contributed by atoms with Gasteiger partial charge in [-0.15, -0.1) is 0 Å². The molecule has 2 atom stereocenters. The molecule has 0 bridgehead atoms. The molecule has 1 aromatic carbocycles. The molecular formula is C28H25ClN6O2. The summed E-state index contributed by atoms with van der Waals surface area (Å²) in [6.45, 7) is 3.71. The first-order chi connectivity index (χ1) is 18.0. The molecule has 2 unspecified atom stereocenters. The molecule has 2 aliphatic rings. The molecule has 2 fully saturated rings. The van der Waals surface area contributed by atoms with Crippen molar-refractivity contribution >= 4 is 23.2 Å². The van der Waals surface area contributed by atoms with Gasteiger partial charge in [0.05, 0.1) is 34.7 Å². The number of aromatic nitrogens is 2. The van der Waals surface area contributed by atoms with Gasteiger partial charge in [-0.2, -0.15) is 5.26 Å². The van der Waals surface area contributed by atoms with E-state index in [-0.39, 0.29) is 12.1 Å². The fourth-order valence-electron chi connectivity index (χ4n) is 4.01. The minimum Gasteiger partial charge on any atom is -0.474 e. The summed E-state index contributed by atoms with van der Waals surface area (Å²) in [6, 6.07) is 11.2. The number of benzene rings is 1. The third kappa shape index (κ3) is 6.07. The Morgan fingerprint density at radius 2 is 1.89 bits per heavy atom. The Labute approximate surface area is 220 Å². The van der Waals surface area contributed by atoms with Gasteiger partial charge in [-0.25, -0.2) is 4.98 Å². The molecule has 9 heteroatoms. The molecule has 2 aromatic heterocycles. The maximum absolute atomic E-state index is 13.1. The van der Waals surface area contributed by atoms with E-state index in [4.69, 9.17) is 16.3 Å². The van der Waals surface area contributed by atoms with Gasteiger partial charge in [0, 0.05) is 36.5 Å². The van der Waals surface area contributed by atoms with E-state index in [1.54, 1.807) is 43.6 Å². The second-order valence-corrected chi connectivity index (χ2v) is 9.45. The second kappa shape index (κ2) is 11.0. The summed E-state index contributed by atoms with van der Waals surface area (Å²) in [5.41, 5.74) is 4.04. The predicted octanol–water partition coefficient (Wildman–Crippen LogP) is 3.56. The molecule has 2 aliphatic heterocycles. The van der Waals surface area contributed by atoms with E-state index in [9.17, 15) is 10.1 Å². The van der Waals surface area contributed by atoms with E-state index in [0.717, 1.165) is 37.9 Å². The largest absolute Gasteiger partial charge is 0.474 e. The Bertz CT molecular complexity index is 1450. The number of pyridine rings is 2. The number of anilines is 1. The van der Waals surface area contributed by atoms with Crippen molar-refractivity contribution in [3.8, 4) is 23.7 Å². The lowest BCUT2D eigenvalue weighted by Crippen LogP contribution is -2.46. The summed E-state index contributed by atoms with van der Waals surface area (Å²) in [4.78, 5) is 21.6. The number of carbonyl (C=O) groups is 1. The third-order valence-corrected chi connectivity index (χ3v) is 6.63. The van der Waals surface area contributed by atoms with Crippen molar-refractivity contribution in [2.24, 2.45) is 0 Å². The monoisotopic (exact) mass is 512 g/mol. The van der Waals surface area contributed by atoms with Gasteiger partial charge in [-0.05, 0) is 62.2 Å². The van der Waals surface area contributed by atoms with Crippen molar-refractivity contribution in [3.05, 3.63) is 81.4 Å². The molecule has 3 N–H and O–H groups in total. The minimum absolute atomic E-state index is 0.0619. The Hall–Kier alpha value is -3.95. The van der Waals surface area contributed by atoms with E-state index in [2.05, 4.69) is 43.8 Å². The number of halogens is 1. The molecule has 0 aliphatic carbocycles. The van der Waals surface area contributed by atoms with Crippen molar-refractivity contribution < 1.29 is 9.53 Å². The summed E-state index contributed by atoms with van der Waals surface area (Å²) in [7, 11) is 0. The van der Waals surface area contributed by atoms with Gasteiger partial charge < -0.3 is 15.4 Å². The van der Waals surface area contributed by atoms with Crippen LogP contribution in [0.1, 0.15) is 51.1 Å². The van der Waals surface area contributed by atoms with E-state index >= 15 is 0 Å². The average molecular weight is 513 g/mol. The third-order valence-electron chi connectivity index (χ3n) is 6.33. The highest BCUT2D eigenvalue weighted by atomic mass is 35.5. The Morgan fingerprint density at radius 3 is 2.59 bits per heavy atom. The normalized spacial score (nSPS) is 17.9. The number of hydrogen-bond acceptors (Lipinski definition) is 7. The molecule has 0 saturated carbocycles. The van der Waals surface area contributed by atoms with Gasteiger partial charge >= 0.3 is 0 Å². The van der Waals surface area contributed by atoms with Crippen LogP contribution in [0.25, 0.3) is 0 Å². The van der Waals surface area contributed by atoms with Crippen LogP contribution in [0.4, 0.5) is 5.69 Å². The van der Waals surface area contributed by atoms with E-state index in [1.165, 1.54) is 0 Å². The van der Waals surface area contributed by atoms with E-state index < -0.39 is 0 Å². The number of amides is 1. The van der Waals surface area contributed by atoms with E-state index in [0.29, 0.717) is 50.6 Å². The van der Waals surface area contributed by atoms with Crippen LogP contribution in [-0.2, 0) is 6.42 Å². The molecule has 5 rings (SSSR count). The van der Waals surface area contributed by atoms with Crippen molar-refractivity contribution in [1.82, 2.24) is 20.6 Å². The topological polar surface area (TPSA) is 112 Å². The zero-order valence-corrected chi connectivity index (χ0v) is 21.0. The summed E-state index contributed by atoms with van der Waals surface area (Å²) >= 11 is 6.29. The zero-order valence-electron chi connectivity index (χ0n) is 20.3. The second-order valence-electron chi connectivity index (χ2n) is 9.09. The number of nitrogens with zero attached hydrogens (tertiary/aromatic N) is 3. The summed E-state index contributed by atoms with van der Waals surface area (Å²) in [6.07, 6.45) is 6.24. The highest BCUT2D eigenvalue weighted by Crippen LogP contribution is 2.21. The molecule has 186 valence electrons. The SMILES string of the molecule is Cc1ncc(OC2CCN2)cc1C(=O)Nc1cc(C#N)cc(C#Cc2cc(CC3CCN3)cnc2Cl)c1. The predicted molar refractivity (Wildman–Crippen MR) is 140 cm³/mol. The van der Waals surface area contributed by atoms with Gasteiger partial charge in [-0.1, -0.05) is 23.4 Å². The standard InChI is InChI=1S/C28H25ClN6O2/c1-17-25(13-24(16-33-17)37-26-5-7-32-26)28(36)35-23-10-18(8-19(11-23)14-30)2-3-21-9-20(15-34-27(21)29)12-22-4-6-31-22/h8-11,13,15-16,22,26,31-32H,4-7,12H2,1H3,(H,35,36). The lowest BCUT2D eigenvalue weighted by atomic mass is 9.98. The first-order valence-electron chi connectivity index (χ1n) is 12.1. The average Bonchev–Trinajstić information content (AvgIpc) is 2.84. The zero-order chi connectivity index (χ0) is 25.8. The van der Waals surface area contributed by atoms with Crippen molar-refractivity contribution in [1.29, 1.82) is 5.26 Å². The fourth-order valence-corrected chi connectivity index (χ4v) is 4.16. The molecule has 0 spiro atoms. The van der Waals surface area contributed by atoms with Crippen molar-refractivity contribution in [2.45, 2.75) is 38.5 Å². The molecule has 0 radical (unpaired) electrons. The van der Waals surface area contributed by atoms with Gasteiger partial charge in [0.15, 0.2) is 6.23 Å². The van der Waals surface area contributed by atoms with Crippen LogP contribution in [0.5, 0.6) is 5.75 Å². The number of rotatable bonds is 6. The van der Waals surface area contributed by atoms with E-state index in [1.807, 2.05) is 6.07 Å². The van der Waals surface area contributed by atoms with Crippen LogP contribution >= 0.6 is 11.6 Å². The number of ether oxygens (including phenoxy) is 1. The maximum Gasteiger partial charge on any atom is 0.257 e. The van der Waals surface area contributed by atoms with Crippen LogP contribution in [0.2, 0.25) is 5.15 Å². The number of nitrogens with one attached hydrogen (secondary N) is 3. The number of nitriles is 1. The summed E-state index contributed by atoms with van der Waals surface area (Å²) in [5.74, 6) is 6.30. The van der Waals surface area contributed by atoms with Gasteiger partial charge in [0.25, 0.3) is 5.91 Å². The van der Waals surface area contributed by atoms with Gasteiger partial charge in [0.1, 0.15) is 10.9 Å². The van der Waals surface area contributed by atoms with Crippen molar-refractivity contribution in [2.75, 3.05) is 18.4 Å². The van der Waals surface area contributed by atoms with Crippen LogP contribution in [0, 0.1) is 30.1 Å². The summed E-state index contributed by atoms with van der Waals surface area (Å²) in [5, 5.41) is 19.2. The Morgan fingerprint density at radius 1 is 1.11 bits per heavy atom. The first-order valence-corrected chi connectivity index (χ1v) is 12.5. The molecular weight excluding hydrogens is 488 g/mol. The minimum atomic E-state index is -0.351. The van der Waals surface area contributed by atoms with Crippen LogP contribution < -0.4 is 20.7 Å². The van der Waals surface area contributed by atoms with Crippen LogP contribution in [-0.4, -0.2) is 41.2 Å². The number of hydrogen-bond donors (Lipinski definition) is 3. The molecule has 37 heavy (non-hydrogen) atoms. The van der Waals surface area contributed by atoms with Gasteiger partial charge in [0.2, 0.25) is 0 Å². The highest BCUT2D eigenvalue weighted by Gasteiger charge is 2.20. The maximum atomic E-state index is 13.1. The molecule has 8 nitrogen and oxygen atoms in total. The fraction of sp³-hybridized carbons (Fsp3) is 0.286. The number of carbonyl (C=O) groups excluding carboxylic acids is 1. The first kappa shape index (κ1) is 24.7. The number of aryl methyl sites for hydroxylation is 1. The quantitative estimate of drug-likeness (QED) is 0.342. The Balaban J connectivity index is 1.35. The Kier molecular flexibility index (Phi) is 7.34.